The van der Waals surface area contributed by atoms with Crippen molar-refractivity contribution >= 4 is 11.9 Å². The average molecular weight is 344 g/mol. The summed E-state index contributed by atoms with van der Waals surface area (Å²) in [6.07, 6.45) is 1.57. The largest absolute Gasteiger partial charge is 0.496 e. The van der Waals surface area contributed by atoms with Gasteiger partial charge >= 0.3 is 5.97 Å². The number of aromatic nitrogens is 3. The van der Waals surface area contributed by atoms with Crippen molar-refractivity contribution in [3.63, 3.8) is 0 Å². The number of methoxy groups -OCH3 is 1. The molecule has 132 valence electrons. The Morgan fingerprint density at radius 1 is 1.40 bits per heavy atom. The number of aryl methyl sites for hydroxylation is 1. The molecule has 3 rings (SSSR count). The lowest BCUT2D eigenvalue weighted by molar-refractivity contribution is -0.138. The predicted molar refractivity (Wildman–Crippen MR) is 88.5 cm³/mol. The maximum absolute atomic E-state index is 12.9. The first-order valence-electron chi connectivity index (χ1n) is 8.01. The van der Waals surface area contributed by atoms with E-state index in [0.717, 1.165) is 5.56 Å². The number of carbonyl (C=O) groups is 2. The van der Waals surface area contributed by atoms with E-state index in [9.17, 15) is 9.59 Å². The zero-order valence-electron chi connectivity index (χ0n) is 14.1. The number of hydrogen-bond donors (Lipinski definition) is 2. The van der Waals surface area contributed by atoms with E-state index in [2.05, 4.69) is 15.4 Å². The van der Waals surface area contributed by atoms with Gasteiger partial charge < -0.3 is 14.7 Å². The summed E-state index contributed by atoms with van der Waals surface area (Å²) >= 11 is 0. The normalized spacial score (nSPS) is 19.8. The highest BCUT2D eigenvalue weighted by Crippen LogP contribution is 2.34. The molecule has 8 heteroatoms. The number of benzene rings is 1. The van der Waals surface area contributed by atoms with Gasteiger partial charge in [-0.2, -0.15) is 15.4 Å². The monoisotopic (exact) mass is 344 g/mol. The molecule has 0 bridgehead atoms. The van der Waals surface area contributed by atoms with Crippen LogP contribution in [-0.2, 0) is 4.79 Å². The number of nitrogens with zero attached hydrogens (tertiary/aromatic N) is 3. The number of H-pyrrole nitrogens is 1. The summed E-state index contributed by atoms with van der Waals surface area (Å²) < 4.78 is 5.28. The first-order chi connectivity index (χ1) is 12.0. The fraction of sp³-hybridized carbons (Fsp3) is 0.412. The van der Waals surface area contributed by atoms with Crippen LogP contribution in [0.2, 0.25) is 0 Å². The van der Waals surface area contributed by atoms with Gasteiger partial charge in [-0.3, -0.25) is 9.59 Å². The summed E-state index contributed by atoms with van der Waals surface area (Å²) in [7, 11) is 1.57. The molecule has 2 heterocycles. The highest BCUT2D eigenvalue weighted by atomic mass is 16.5. The van der Waals surface area contributed by atoms with E-state index >= 15 is 0 Å². The SMILES string of the molecule is COc1cc(C(=O)N2C[C@@H](CC(=O)O)[C@@H](c3cn[nH]n3)C2)ccc1C. The minimum atomic E-state index is -0.884. The van der Waals surface area contributed by atoms with Crippen LogP contribution in [-0.4, -0.2) is 57.5 Å². The molecule has 1 amide bonds. The Morgan fingerprint density at radius 3 is 2.84 bits per heavy atom. The minimum Gasteiger partial charge on any atom is -0.496 e. The number of likely N-dealkylation sites (tertiary alicyclic amines) is 1. The molecular weight excluding hydrogens is 324 g/mol. The summed E-state index contributed by atoms with van der Waals surface area (Å²) in [6, 6.07) is 5.31. The number of carboxylic acids is 1. The van der Waals surface area contributed by atoms with Gasteiger partial charge in [0, 0.05) is 24.6 Å². The lowest BCUT2D eigenvalue weighted by Gasteiger charge is -2.17. The third-order valence-corrected chi connectivity index (χ3v) is 4.63. The zero-order chi connectivity index (χ0) is 18.0. The number of aliphatic carboxylic acids is 1. The standard InChI is InChI=1S/C17H20N4O4/c1-10-3-4-11(5-15(10)25-2)17(24)21-8-12(6-16(22)23)13(9-21)14-7-18-20-19-14/h3-5,7,12-13H,6,8-9H2,1-2H3,(H,22,23)(H,18,19,20)/t12-,13+/m1/s1. The Morgan fingerprint density at radius 2 is 2.20 bits per heavy atom. The zero-order valence-corrected chi connectivity index (χ0v) is 14.1. The maximum atomic E-state index is 12.9. The van der Waals surface area contributed by atoms with Gasteiger partial charge in [0.1, 0.15) is 5.75 Å². The number of aromatic amines is 1. The number of nitrogens with one attached hydrogen (secondary N) is 1. The molecule has 0 unspecified atom stereocenters. The van der Waals surface area contributed by atoms with Crippen LogP contribution in [0, 0.1) is 12.8 Å². The Kier molecular flexibility index (Phi) is 4.69. The van der Waals surface area contributed by atoms with Gasteiger partial charge in [0.2, 0.25) is 0 Å². The number of ether oxygens (including phenoxy) is 1. The van der Waals surface area contributed by atoms with Crippen LogP contribution < -0.4 is 4.74 Å². The summed E-state index contributed by atoms with van der Waals surface area (Å²) in [6.45, 7) is 2.70. The van der Waals surface area contributed by atoms with Gasteiger partial charge in [-0.05, 0) is 30.5 Å². The first kappa shape index (κ1) is 16.9. The van der Waals surface area contributed by atoms with Crippen molar-refractivity contribution in [2.24, 2.45) is 5.92 Å². The van der Waals surface area contributed by atoms with E-state index in [1.807, 2.05) is 13.0 Å². The van der Waals surface area contributed by atoms with Gasteiger partial charge in [-0.1, -0.05) is 6.07 Å². The number of amides is 1. The van der Waals surface area contributed by atoms with Gasteiger partial charge in [-0.15, -0.1) is 0 Å². The van der Waals surface area contributed by atoms with Crippen molar-refractivity contribution in [1.82, 2.24) is 20.3 Å². The fourth-order valence-corrected chi connectivity index (χ4v) is 3.33. The lowest BCUT2D eigenvalue weighted by atomic mass is 9.91. The van der Waals surface area contributed by atoms with E-state index in [1.165, 1.54) is 0 Å². The molecule has 2 atom stereocenters. The van der Waals surface area contributed by atoms with Crippen molar-refractivity contribution in [3.8, 4) is 5.75 Å². The molecule has 1 fully saturated rings. The van der Waals surface area contributed by atoms with Crippen LogP contribution in [0.4, 0.5) is 0 Å². The van der Waals surface area contributed by atoms with Crippen LogP contribution in [0.1, 0.15) is 34.0 Å². The van der Waals surface area contributed by atoms with E-state index in [-0.39, 0.29) is 24.2 Å². The highest BCUT2D eigenvalue weighted by Gasteiger charge is 2.38. The summed E-state index contributed by atoms with van der Waals surface area (Å²) in [5.41, 5.74) is 2.16. The van der Waals surface area contributed by atoms with E-state index in [1.54, 1.807) is 30.3 Å². The Hall–Kier alpha value is -2.90. The molecule has 0 spiro atoms. The second-order valence-electron chi connectivity index (χ2n) is 6.25. The van der Waals surface area contributed by atoms with Crippen LogP contribution in [0.3, 0.4) is 0 Å². The molecule has 1 aromatic carbocycles. The quantitative estimate of drug-likeness (QED) is 0.850. The van der Waals surface area contributed by atoms with Crippen molar-refractivity contribution in [2.75, 3.05) is 20.2 Å². The predicted octanol–water partition coefficient (Wildman–Crippen LogP) is 1.45. The molecule has 25 heavy (non-hydrogen) atoms. The second-order valence-corrected chi connectivity index (χ2v) is 6.25. The van der Waals surface area contributed by atoms with Crippen LogP contribution in [0.5, 0.6) is 5.75 Å². The Balaban J connectivity index is 1.83. The molecule has 1 saturated heterocycles. The van der Waals surface area contributed by atoms with Crippen molar-refractivity contribution in [1.29, 1.82) is 0 Å². The molecule has 1 aliphatic heterocycles. The van der Waals surface area contributed by atoms with Crippen LogP contribution >= 0.6 is 0 Å². The van der Waals surface area contributed by atoms with Crippen molar-refractivity contribution in [3.05, 3.63) is 41.2 Å². The summed E-state index contributed by atoms with van der Waals surface area (Å²) in [4.78, 5) is 25.7. The molecule has 2 N–H and O–H groups in total. The van der Waals surface area contributed by atoms with Gasteiger partial charge in [0.25, 0.3) is 5.91 Å². The molecule has 0 radical (unpaired) electrons. The Labute approximate surface area is 144 Å². The van der Waals surface area contributed by atoms with Crippen molar-refractivity contribution < 1.29 is 19.4 Å². The number of hydrogen-bond acceptors (Lipinski definition) is 5. The fourth-order valence-electron chi connectivity index (χ4n) is 3.33. The van der Waals surface area contributed by atoms with E-state index in [0.29, 0.717) is 30.1 Å². The van der Waals surface area contributed by atoms with Gasteiger partial charge in [0.05, 0.1) is 25.4 Å². The summed E-state index contributed by atoms with van der Waals surface area (Å²) in [5.74, 6) is -0.713. The number of carbonyl (C=O) groups excluding carboxylic acids is 1. The highest BCUT2D eigenvalue weighted by molar-refractivity contribution is 5.95. The number of carboxylic acid groups (broad SMARTS) is 1. The van der Waals surface area contributed by atoms with Gasteiger partial charge in [-0.25, -0.2) is 0 Å². The molecule has 2 aromatic rings. The molecular formula is C17H20N4O4. The lowest BCUT2D eigenvalue weighted by Crippen LogP contribution is -2.29. The molecule has 0 saturated carbocycles. The van der Waals surface area contributed by atoms with Gasteiger partial charge in [0.15, 0.2) is 0 Å². The second kappa shape index (κ2) is 6.92. The van der Waals surface area contributed by atoms with Crippen LogP contribution in [0.15, 0.2) is 24.4 Å². The van der Waals surface area contributed by atoms with E-state index < -0.39 is 5.97 Å². The van der Waals surface area contributed by atoms with Crippen molar-refractivity contribution in [2.45, 2.75) is 19.3 Å². The summed E-state index contributed by atoms with van der Waals surface area (Å²) in [5, 5.41) is 19.6. The van der Waals surface area contributed by atoms with Crippen LogP contribution in [0.25, 0.3) is 0 Å². The minimum absolute atomic E-state index is 0.0154. The number of rotatable bonds is 5. The third kappa shape index (κ3) is 3.47. The maximum Gasteiger partial charge on any atom is 0.303 e. The molecule has 8 nitrogen and oxygen atoms in total. The first-order valence-corrected chi connectivity index (χ1v) is 8.01. The topological polar surface area (TPSA) is 108 Å². The molecule has 1 aliphatic rings. The average Bonchev–Trinajstić information content (AvgIpc) is 3.23. The molecule has 0 aliphatic carbocycles. The van der Waals surface area contributed by atoms with E-state index in [4.69, 9.17) is 9.84 Å². The Bertz CT molecular complexity index is 775. The molecule has 1 aromatic heterocycles. The third-order valence-electron chi connectivity index (χ3n) is 4.63. The smallest absolute Gasteiger partial charge is 0.303 e.